The lowest BCUT2D eigenvalue weighted by atomic mass is 10.2. The predicted molar refractivity (Wildman–Crippen MR) is 55.3 cm³/mol. The average molecular weight is 194 g/mol. The number of halogens is 1. The molecule has 1 aliphatic rings. The Balaban J connectivity index is 1.98. The quantitative estimate of drug-likeness (QED) is 0.744. The first-order valence-corrected chi connectivity index (χ1v) is 5.19. The number of nitrogens with zero attached hydrogens (tertiary/aromatic N) is 1. The Labute approximate surface area is 83.6 Å². The summed E-state index contributed by atoms with van der Waals surface area (Å²) < 4.78 is 11.9. The molecule has 1 N–H and O–H groups in total. The average Bonchev–Trinajstić information content (AvgIpc) is 2.65. The largest absolute Gasteiger partial charge is 0.370 e. The van der Waals surface area contributed by atoms with Gasteiger partial charge in [0.15, 0.2) is 0 Å². The topological polar surface area (TPSA) is 24.9 Å². The molecule has 2 rings (SSSR count). The van der Waals surface area contributed by atoms with Crippen molar-refractivity contribution in [2.24, 2.45) is 0 Å². The van der Waals surface area contributed by atoms with Crippen LogP contribution in [0.15, 0.2) is 12.1 Å². The molecule has 0 spiro atoms. The fraction of sp³-hybridized carbons (Fsp3) is 0.545. The summed E-state index contributed by atoms with van der Waals surface area (Å²) >= 11 is 0. The third kappa shape index (κ3) is 2.03. The van der Waals surface area contributed by atoms with E-state index in [4.69, 9.17) is 0 Å². The zero-order valence-electron chi connectivity index (χ0n) is 8.22. The van der Waals surface area contributed by atoms with Crippen LogP contribution in [0, 0.1) is 0 Å². The summed E-state index contributed by atoms with van der Waals surface area (Å²) in [5.74, 6) is 0.888. The molecule has 3 heteroatoms. The molecule has 1 heterocycles. The normalized spacial score (nSPS) is 14.1. The van der Waals surface area contributed by atoms with Crippen LogP contribution in [0.5, 0.6) is 0 Å². The highest BCUT2D eigenvalue weighted by Crippen LogP contribution is 2.21. The number of hydrogen-bond donors (Lipinski definition) is 1. The van der Waals surface area contributed by atoms with Gasteiger partial charge in [0.25, 0.3) is 0 Å². The Morgan fingerprint density at radius 1 is 1.36 bits per heavy atom. The maximum atomic E-state index is 11.9. The van der Waals surface area contributed by atoms with E-state index >= 15 is 0 Å². The molecule has 0 aliphatic heterocycles. The number of anilines is 1. The van der Waals surface area contributed by atoms with Crippen molar-refractivity contribution in [3.8, 4) is 0 Å². The zero-order chi connectivity index (χ0) is 9.80. The molecule has 0 amide bonds. The van der Waals surface area contributed by atoms with Crippen molar-refractivity contribution in [3.05, 3.63) is 23.4 Å². The minimum absolute atomic E-state index is 0.266. The second kappa shape index (κ2) is 4.40. The molecule has 0 saturated heterocycles. The Bertz CT molecular complexity index is 312. The molecule has 0 saturated carbocycles. The van der Waals surface area contributed by atoms with E-state index in [-0.39, 0.29) is 6.67 Å². The molecule has 14 heavy (non-hydrogen) atoms. The smallest absolute Gasteiger partial charge is 0.126 e. The van der Waals surface area contributed by atoms with Crippen LogP contribution in [-0.2, 0) is 12.8 Å². The first-order chi connectivity index (χ1) is 6.90. The van der Waals surface area contributed by atoms with Crippen molar-refractivity contribution in [3.63, 3.8) is 0 Å². The number of fused-ring (bicyclic) bond motifs is 1. The Hall–Kier alpha value is -1.12. The van der Waals surface area contributed by atoms with E-state index in [1.807, 2.05) is 6.07 Å². The number of alkyl halides is 1. The molecular weight excluding hydrogens is 179 g/mol. The van der Waals surface area contributed by atoms with Gasteiger partial charge in [0.2, 0.25) is 0 Å². The Morgan fingerprint density at radius 3 is 3.14 bits per heavy atom. The van der Waals surface area contributed by atoms with Gasteiger partial charge in [0.1, 0.15) is 5.82 Å². The van der Waals surface area contributed by atoms with Gasteiger partial charge < -0.3 is 5.32 Å². The monoisotopic (exact) mass is 194 g/mol. The molecule has 1 aromatic rings. The van der Waals surface area contributed by atoms with Gasteiger partial charge in [-0.2, -0.15) is 0 Å². The zero-order valence-corrected chi connectivity index (χ0v) is 8.22. The highest BCUT2D eigenvalue weighted by molar-refractivity contribution is 5.40. The molecule has 1 aliphatic carbocycles. The van der Waals surface area contributed by atoms with E-state index < -0.39 is 0 Å². The van der Waals surface area contributed by atoms with E-state index in [0.29, 0.717) is 13.0 Å². The van der Waals surface area contributed by atoms with Crippen LogP contribution in [-0.4, -0.2) is 18.2 Å². The van der Waals surface area contributed by atoms with Crippen LogP contribution in [0.25, 0.3) is 0 Å². The van der Waals surface area contributed by atoms with Gasteiger partial charge in [0, 0.05) is 12.2 Å². The number of nitrogens with one attached hydrogen (secondary N) is 1. The van der Waals surface area contributed by atoms with Gasteiger partial charge in [-0.1, -0.05) is 6.07 Å². The van der Waals surface area contributed by atoms with Crippen molar-refractivity contribution >= 4 is 5.82 Å². The molecule has 0 fully saturated rings. The fourth-order valence-corrected chi connectivity index (χ4v) is 1.80. The summed E-state index contributed by atoms with van der Waals surface area (Å²) in [5, 5.41) is 3.12. The first kappa shape index (κ1) is 9.44. The van der Waals surface area contributed by atoms with Crippen LogP contribution >= 0.6 is 0 Å². The lowest BCUT2D eigenvalue weighted by Gasteiger charge is -2.05. The summed E-state index contributed by atoms with van der Waals surface area (Å²) in [7, 11) is 0. The van der Waals surface area contributed by atoms with Crippen LogP contribution in [0.4, 0.5) is 10.2 Å². The standard InChI is InChI=1S/C11H15FN2/c12-7-2-8-13-11-6-5-9-3-1-4-10(9)14-11/h5-6H,1-4,7-8H2,(H,13,14). The van der Waals surface area contributed by atoms with Gasteiger partial charge >= 0.3 is 0 Å². The molecule has 76 valence electrons. The molecule has 0 radical (unpaired) electrons. The van der Waals surface area contributed by atoms with E-state index in [9.17, 15) is 4.39 Å². The van der Waals surface area contributed by atoms with Crippen molar-refractivity contribution in [2.75, 3.05) is 18.5 Å². The van der Waals surface area contributed by atoms with Crippen LogP contribution in [0.1, 0.15) is 24.1 Å². The molecular formula is C11H15FN2. The molecule has 0 aromatic carbocycles. The fourth-order valence-electron chi connectivity index (χ4n) is 1.80. The van der Waals surface area contributed by atoms with Gasteiger partial charge in [-0.25, -0.2) is 4.98 Å². The van der Waals surface area contributed by atoms with Crippen molar-refractivity contribution in [1.29, 1.82) is 0 Å². The summed E-state index contributed by atoms with van der Waals surface area (Å²) in [4.78, 5) is 4.49. The first-order valence-electron chi connectivity index (χ1n) is 5.19. The highest BCUT2D eigenvalue weighted by atomic mass is 19.1. The van der Waals surface area contributed by atoms with Crippen LogP contribution in [0.2, 0.25) is 0 Å². The van der Waals surface area contributed by atoms with Gasteiger partial charge in [-0.3, -0.25) is 4.39 Å². The van der Waals surface area contributed by atoms with Crippen molar-refractivity contribution < 1.29 is 4.39 Å². The number of pyridine rings is 1. The molecule has 0 bridgehead atoms. The van der Waals surface area contributed by atoms with Crippen molar-refractivity contribution in [1.82, 2.24) is 4.98 Å². The summed E-state index contributed by atoms with van der Waals surface area (Å²) in [6.07, 6.45) is 4.02. The molecule has 1 aromatic heterocycles. The van der Waals surface area contributed by atoms with Crippen molar-refractivity contribution in [2.45, 2.75) is 25.7 Å². The number of rotatable bonds is 4. The predicted octanol–water partition coefficient (Wildman–Crippen LogP) is 2.34. The number of aryl methyl sites for hydroxylation is 2. The minimum atomic E-state index is -0.266. The van der Waals surface area contributed by atoms with Crippen LogP contribution in [0.3, 0.4) is 0 Å². The van der Waals surface area contributed by atoms with Gasteiger partial charge in [-0.15, -0.1) is 0 Å². The maximum Gasteiger partial charge on any atom is 0.126 e. The molecule has 2 nitrogen and oxygen atoms in total. The van der Waals surface area contributed by atoms with E-state index in [2.05, 4.69) is 16.4 Å². The summed E-state index contributed by atoms with van der Waals surface area (Å²) in [6.45, 7) is 0.403. The third-order valence-corrected chi connectivity index (χ3v) is 2.54. The third-order valence-electron chi connectivity index (χ3n) is 2.54. The Kier molecular flexibility index (Phi) is 2.96. The van der Waals surface area contributed by atoms with E-state index in [0.717, 1.165) is 18.7 Å². The number of aromatic nitrogens is 1. The minimum Gasteiger partial charge on any atom is -0.370 e. The van der Waals surface area contributed by atoms with E-state index in [1.165, 1.54) is 17.7 Å². The summed E-state index contributed by atoms with van der Waals surface area (Å²) in [6, 6.07) is 4.12. The lowest BCUT2D eigenvalue weighted by Crippen LogP contribution is -2.05. The van der Waals surface area contributed by atoms with Gasteiger partial charge in [0.05, 0.1) is 6.67 Å². The second-order valence-corrected chi connectivity index (χ2v) is 3.63. The van der Waals surface area contributed by atoms with Gasteiger partial charge in [-0.05, 0) is 37.3 Å². The SMILES string of the molecule is FCCCNc1ccc2c(n1)CCC2. The van der Waals surface area contributed by atoms with Crippen LogP contribution < -0.4 is 5.32 Å². The molecule has 0 unspecified atom stereocenters. The summed E-state index contributed by atoms with van der Waals surface area (Å²) in [5.41, 5.74) is 2.59. The highest BCUT2D eigenvalue weighted by Gasteiger charge is 2.11. The lowest BCUT2D eigenvalue weighted by molar-refractivity contribution is 0.481. The second-order valence-electron chi connectivity index (χ2n) is 3.63. The Morgan fingerprint density at radius 2 is 2.29 bits per heavy atom. The van der Waals surface area contributed by atoms with E-state index in [1.54, 1.807) is 0 Å². The maximum absolute atomic E-state index is 11.9. The molecule has 0 atom stereocenters. The number of hydrogen-bond acceptors (Lipinski definition) is 2.